The van der Waals surface area contributed by atoms with Crippen LogP contribution in [0.3, 0.4) is 0 Å². The molecule has 0 aromatic heterocycles. The van der Waals surface area contributed by atoms with Gasteiger partial charge in [-0.1, -0.05) is 0 Å². The maximum Gasteiger partial charge on any atom is 0.202 e. The van der Waals surface area contributed by atoms with Gasteiger partial charge in [0.25, 0.3) is 0 Å². The van der Waals surface area contributed by atoms with Gasteiger partial charge in [0.2, 0.25) is 5.79 Å². The Balaban J connectivity index is 2.56. The van der Waals surface area contributed by atoms with Crippen LogP contribution in [0.15, 0.2) is 24.3 Å². The van der Waals surface area contributed by atoms with Crippen molar-refractivity contribution in [2.75, 3.05) is 13.2 Å². The van der Waals surface area contributed by atoms with Gasteiger partial charge in [-0.2, -0.15) is 0 Å². The first kappa shape index (κ1) is 11.8. The molecule has 0 unspecified atom stereocenters. The highest BCUT2D eigenvalue weighted by Gasteiger charge is 2.13. The third-order valence-electron chi connectivity index (χ3n) is 1.55. The van der Waals surface area contributed by atoms with E-state index in [1.165, 1.54) is 0 Å². The summed E-state index contributed by atoms with van der Waals surface area (Å²) in [5, 5.41) is 17.9. The molecule has 0 bridgehead atoms. The summed E-state index contributed by atoms with van der Waals surface area (Å²) in [6.07, 6.45) is 0. The second-order valence-corrected chi connectivity index (χ2v) is 3.59. The van der Waals surface area contributed by atoms with Crippen LogP contribution in [0.4, 0.5) is 0 Å². The summed E-state index contributed by atoms with van der Waals surface area (Å²) in [4.78, 5) is 0. The average Bonchev–Trinajstić information content (AvgIpc) is 2.14. The SMILES string of the molecule is CC(C)(O)Oc1ccc(OCCO)cc1. The molecule has 0 aliphatic rings. The average molecular weight is 212 g/mol. The molecule has 4 nitrogen and oxygen atoms in total. The van der Waals surface area contributed by atoms with Gasteiger partial charge in [0.15, 0.2) is 0 Å². The summed E-state index contributed by atoms with van der Waals surface area (Å²) < 4.78 is 10.4. The number of rotatable bonds is 5. The van der Waals surface area contributed by atoms with Crippen LogP contribution in [0, 0.1) is 0 Å². The van der Waals surface area contributed by atoms with E-state index in [9.17, 15) is 5.11 Å². The molecule has 4 heteroatoms. The molecule has 0 radical (unpaired) electrons. The topological polar surface area (TPSA) is 58.9 Å². The summed E-state index contributed by atoms with van der Waals surface area (Å²) in [6, 6.07) is 6.84. The molecule has 0 heterocycles. The Morgan fingerprint density at radius 1 is 1.13 bits per heavy atom. The highest BCUT2D eigenvalue weighted by Crippen LogP contribution is 2.20. The molecule has 1 aromatic rings. The van der Waals surface area contributed by atoms with Crippen molar-refractivity contribution in [3.05, 3.63) is 24.3 Å². The number of benzene rings is 1. The molecule has 2 N–H and O–H groups in total. The van der Waals surface area contributed by atoms with Crippen LogP contribution in [0.25, 0.3) is 0 Å². The monoisotopic (exact) mass is 212 g/mol. The van der Waals surface area contributed by atoms with Crippen molar-refractivity contribution in [1.82, 2.24) is 0 Å². The smallest absolute Gasteiger partial charge is 0.202 e. The first-order chi connectivity index (χ1) is 7.01. The second-order valence-electron chi connectivity index (χ2n) is 3.59. The zero-order valence-electron chi connectivity index (χ0n) is 8.93. The second kappa shape index (κ2) is 5.00. The summed E-state index contributed by atoms with van der Waals surface area (Å²) in [6.45, 7) is 3.37. The van der Waals surface area contributed by atoms with Crippen LogP contribution < -0.4 is 9.47 Å². The summed E-state index contributed by atoms with van der Waals surface area (Å²) in [5.41, 5.74) is 0. The molecular formula is C11H16O4. The van der Waals surface area contributed by atoms with Crippen molar-refractivity contribution in [2.45, 2.75) is 19.6 Å². The van der Waals surface area contributed by atoms with Crippen LogP contribution in [0.1, 0.15) is 13.8 Å². The molecule has 0 atom stereocenters. The summed E-state index contributed by atoms with van der Waals surface area (Å²) >= 11 is 0. The van der Waals surface area contributed by atoms with E-state index in [-0.39, 0.29) is 13.2 Å². The molecule has 0 amide bonds. The molecule has 15 heavy (non-hydrogen) atoms. The van der Waals surface area contributed by atoms with E-state index in [1.807, 2.05) is 0 Å². The van der Waals surface area contributed by atoms with E-state index < -0.39 is 5.79 Å². The molecule has 0 spiro atoms. The standard InChI is InChI=1S/C11H16O4/c1-11(2,13)15-10-5-3-9(4-6-10)14-8-7-12/h3-6,12-13H,7-8H2,1-2H3. The van der Waals surface area contributed by atoms with Crippen molar-refractivity contribution in [3.63, 3.8) is 0 Å². The molecular weight excluding hydrogens is 196 g/mol. The summed E-state index contributed by atoms with van der Waals surface area (Å²) in [5.74, 6) is 0.0407. The molecule has 0 fully saturated rings. The quantitative estimate of drug-likeness (QED) is 0.719. The Morgan fingerprint density at radius 2 is 1.67 bits per heavy atom. The number of ether oxygens (including phenoxy) is 2. The number of aliphatic hydroxyl groups is 2. The van der Waals surface area contributed by atoms with Gasteiger partial charge >= 0.3 is 0 Å². The highest BCUT2D eigenvalue weighted by atomic mass is 16.6. The largest absolute Gasteiger partial charge is 0.491 e. The minimum atomic E-state index is -1.19. The van der Waals surface area contributed by atoms with Crippen molar-refractivity contribution in [2.24, 2.45) is 0 Å². The molecule has 84 valence electrons. The van der Waals surface area contributed by atoms with Gasteiger partial charge in [-0.05, 0) is 24.3 Å². The lowest BCUT2D eigenvalue weighted by atomic mass is 10.3. The fraction of sp³-hybridized carbons (Fsp3) is 0.455. The molecule has 1 rings (SSSR count). The molecule has 0 saturated heterocycles. The molecule has 0 saturated carbocycles. The van der Waals surface area contributed by atoms with Crippen molar-refractivity contribution >= 4 is 0 Å². The van der Waals surface area contributed by atoms with Crippen molar-refractivity contribution < 1.29 is 19.7 Å². The minimum Gasteiger partial charge on any atom is -0.491 e. The Hall–Kier alpha value is -1.26. The van der Waals surface area contributed by atoms with Gasteiger partial charge in [0.05, 0.1) is 6.61 Å². The molecule has 1 aromatic carbocycles. The Labute approximate surface area is 89.1 Å². The van der Waals surface area contributed by atoms with E-state index in [1.54, 1.807) is 38.1 Å². The van der Waals surface area contributed by atoms with E-state index in [2.05, 4.69) is 0 Å². The lowest BCUT2D eigenvalue weighted by Crippen LogP contribution is -2.26. The van der Waals surface area contributed by atoms with Gasteiger partial charge in [-0.3, -0.25) is 0 Å². The number of aliphatic hydroxyl groups excluding tert-OH is 1. The predicted molar refractivity (Wildman–Crippen MR) is 55.9 cm³/mol. The van der Waals surface area contributed by atoms with Crippen LogP contribution in [0.2, 0.25) is 0 Å². The number of hydrogen-bond donors (Lipinski definition) is 2. The first-order valence-corrected chi connectivity index (χ1v) is 4.76. The van der Waals surface area contributed by atoms with Gasteiger partial charge < -0.3 is 19.7 Å². The van der Waals surface area contributed by atoms with Crippen LogP contribution in [0.5, 0.6) is 11.5 Å². The first-order valence-electron chi connectivity index (χ1n) is 4.76. The molecule has 0 aliphatic carbocycles. The van der Waals surface area contributed by atoms with Crippen molar-refractivity contribution in [3.8, 4) is 11.5 Å². The van der Waals surface area contributed by atoms with Gasteiger partial charge in [-0.25, -0.2) is 0 Å². The Morgan fingerprint density at radius 3 is 2.13 bits per heavy atom. The Bertz CT molecular complexity index is 286. The van der Waals surface area contributed by atoms with Crippen LogP contribution >= 0.6 is 0 Å². The molecule has 0 aliphatic heterocycles. The Kier molecular flexibility index (Phi) is 3.94. The maximum absolute atomic E-state index is 9.40. The predicted octanol–water partition coefficient (Wildman–Crippen LogP) is 1.16. The van der Waals surface area contributed by atoms with Gasteiger partial charge in [-0.15, -0.1) is 0 Å². The fourth-order valence-corrected chi connectivity index (χ4v) is 1.06. The normalized spacial score (nSPS) is 11.2. The lowest BCUT2D eigenvalue weighted by Gasteiger charge is -2.19. The third kappa shape index (κ3) is 4.67. The van der Waals surface area contributed by atoms with Gasteiger partial charge in [0, 0.05) is 13.8 Å². The van der Waals surface area contributed by atoms with E-state index in [0.29, 0.717) is 11.5 Å². The maximum atomic E-state index is 9.40. The van der Waals surface area contributed by atoms with Crippen molar-refractivity contribution in [1.29, 1.82) is 0 Å². The zero-order chi connectivity index (χ0) is 11.3. The van der Waals surface area contributed by atoms with Crippen LogP contribution in [-0.4, -0.2) is 29.2 Å². The minimum absolute atomic E-state index is 0.0120. The summed E-state index contributed by atoms with van der Waals surface area (Å²) in [7, 11) is 0. The van der Waals surface area contributed by atoms with E-state index in [4.69, 9.17) is 14.6 Å². The zero-order valence-corrected chi connectivity index (χ0v) is 8.93. The highest BCUT2D eigenvalue weighted by molar-refractivity contribution is 5.31. The van der Waals surface area contributed by atoms with E-state index >= 15 is 0 Å². The lowest BCUT2D eigenvalue weighted by molar-refractivity contribution is -0.104. The van der Waals surface area contributed by atoms with Crippen LogP contribution in [-0.2, 0) is 0 Å². The van der Waals surface area contributed by atoms with Gasteiger partial charge in [0.1, 0.15) is 18.1 Å². The van der Waals surface area contributed by atoms with E-state index in [0.717, 1.165) is 0 Å². The number of hydrogen-bond acceptors (Lipinski definition) is 4. The fourth-order valence-electron chi connectivity index (χ4n) is 1.06. The third-order valence-corrected chi connectivity index (χ3v) is 1.55.